The number of amides is 8. The van der Waals surface area contributed by atoms with E-state index >= 15 is 0 Å². The Kier molecular flexibility index (Phi) is 15.7. The lowest BCUT2D eigenvalue weighted by atomic mass is 9.99. The van der Waals surface area contributed by atoms with Gasteiger partial charge in [0.15, 0.2) is 0 Å². The highest BCUT2D eigenvalue weighted by Gasteiger charge is 2.52. The van der Waals surface area contributed by atoms with Gasteiger partial charge in [0, 0.05) is 47.4 Å². The lowest BCUT2D eigenvalue weighted by molar-refractivity contribution is -0.0724. The molecule has 4 aliphatic heterocycles. The van der Waals surface area contributed by atoms with Crippen molar-refractivity contribution in [3.05, 3.63) is 45.3 Å². The molecule has 4 atom stereocenters. The molecule has 2 fully saturated rings. The number of guanidine groups is 2. The van der Waals surface area contributed by atoms with Crippen molar-refractivity contribution in [3.8, 4) is 0 Å². The molecule has 0 unspecified atom stereocenters. The minimum absolute atomic E-state index is 0.105. The third-order valence-electron chi connectivity index (χ3n) is 9.48. The maximum Gasteiger partial charge on any atom is 0.442 e. The normalized spacial score (nSPS) is 20.1. The molecule has 0 aromatic carbocycles. The van der Waals surface area contributed by atoms with E-state index in [0.29, 0.717) is 31.3 Å². The molecule has 2 aromatic rings. The molecule has 0 saturated carbocycles. The number of fused-ring (bicyclic) bond motifs is 4. The molecule has 8 amide bonds. The summed E-state index contributed by atoms with van der Waals surface area (Å²) in [6.07, 6.45) is 2.45. The van der Waals surface area contributed by atoms with E-state index in [9.17, 15) is 37.2 Å². The van der Waals surface area contributed by atoms with Crippen molar-refractivity contribution in [1.82, 2.24) is 51.2 Å². The van der Waals surface area contributed by atoms with Crippen LogP contribution in [0.5, 0.6) is 0 Å². The Morgan fingerprint density at radius 1 is 0.592 bits per heavy atom. The molecule has 0 aliphatic carbocycles. The Hall–Kier alpha value is -6.43. The first kappa shape index (κ1) is 53.9. The van der Waals surface area contributed by atoms with Crippen LogP contribution in [-0.2, 0) is 37.9 Å². The standard InChI is InChI=1S/C42H58N12O14S3/c1-39(2,3)63-33(55)47-31(48-34(56)64-40(4,5)6)45-19-27-25(29-43-13-15-69-29)17-23-21-51(27)37(59)53(23)67-71(61,62)68-54-24-18-26(30-44-14-16-70-30)28(52(22-24)38(54)60)20-46-32(49-35(57)65-41(7,8)9)50-36(58)66-42(10,11)12/h13-18,23-24,27-28H,19-22H2,1-12H3,(H2,45,47,48,55,56)(H2,46,49,50,57,58)/t23-,24-,27-,28-/m1/s1. The van der Waals surface area contributed by atoms with Crippen LogP contribution in [-0.4, -0.2) is 159 Å². The molecular formula is C42H58N12O14S3. The summed E-state index contributed by atoms with van der Waals surface area (Å²) in [6, 6.07) is -5.79. The number of nitrogens with zero attached hydrogens (tertiary/aromatic N) is 8. The zero-order valence-electron chi connectivity index (χ0n) is 41.1. The molecule has 4 bridgehead atoms. The fourth-order valence-corrected chi connectivity index (χ4v) is 9.29. The Balaban J connectivity index is 1.22. The number of hydrogen-bond donors (Lipinski definition) is 4. The summed E-state index contributed by atoms with van der Waals surface area (Å²) in [5.74, 6) is -0.727. The summed E-state index contributed by atoms with van der Waals surface area (Å²) in [5.41, 5.74) is -2.76. The Bertz CT molecular complexity index is 2360. The maximum atomic E-state index is 14.1. The van der Waals surface area contributed by atoms with Crippen LogP contribution in [0.1, 0.15) is 93.1 Å². The highest BCUT2D eigenvalue weighted by Crippen LogP contribution is 2.38. The number of rotatable bonds is 10. The van der Waals surface area contributed by atoms with E-state index in [4.69, 9.17) is 27.5 Å². The molecule has 4 aliphatic rings. The van der Waals surface area contributed by atoms with Crippen molar-refractivity contribution in [2.75, 3.05) is 26.2 Å². The largest absolute Gasteiger partial charge is 0.444 e. The molecule has 4 N–H and O–H groups in total. The number of nitrogens with one attached hydrogen (secondary N) is 4. The topological polar surface area (TPSA) is 304 Å². The number of urea groups is 2. The smallest absolute Gasteiger partial charge is 0.442 e. The Labute approximate surface area is 418 Å². The van der Waals surface area contributed by atoms with Crippen molar-refractivity contribution in [1.29, 1.82) is 0 Å². The lowest BCUT2D eigenvalue weighted by Gasteiger charge is -2.30. The fourth-order valence-electron chi connectivity index (χ4n) is 7.09. The molecular weight excluding hydrogens is 993 g/mol. The van der Waals surface area contributed by atoms with E-state index in [-0.39, 0.29) is 38.1 Å². The van der Waals surface area contributed by atoms with E-state index in [2.05, 4.69) is 41.2 Å². The molecule has 6 heterocycles. The van der Waals surface area contributed by atoms with Crippen molar-refractivity contribution >= 4 is 92.6 Å². The van der Waals surface area contributed by atoms with Gasteiger partial charge in [0.25, 0.3) is 0 Å². The minimum Gasteiger partial charge on any atom is -0.444 e. The zero-order chi connectivity index (χ0) is 52.4. The highest BCUT2D eigenvalue weighted by atomic mass is 32.3. The second kappa shape index (κ2) is 20.7. The zero-order valence-corrected chi connectivity index (χ0v) is 43.6. The number of carbonyl (C=O) groups excluding carboxylic acids is 6. The van der Waals surface area contributed by atoms with Crippen molar-refractivity contribution in [3.63, 3.8) is 0 Å². The molecule has 0 spiro atoms. The summed E-state index contributed by atoms with van der Waals surface area (Å²) in [7, 11) is -5.26. The maximum absolute atomic E-state index is 14.1. The van der Waals surface area contributed by atoms with Crippen LogP contribution in [0.25, 0.3) is 11.1 Å². The number of ether oxygens (including phenoxy) is 4. The van der Waals surface area contributed by atoms with E-state index in [1.165, 1.54) is 44.9 Å². The summed E-state index contributed by atoms with van der Waals surface area (Å²) in [6.45, 7) is 18.9. The number of carbonyl (C=O) groups is 6. The van der Waals surface area contributed by atoms with Crippen molar-refractivity contribution < 1.29 is 64.7 Å². The molecule has 2 saturated heterocycles. The van der Waals surface area contributed by atoms with Crippen LogP contribution >= 0.6 is 22.7 Å². The number of hydroxylamine groups is 4. The van der Waals surface area contributed by atoms with Gasteiger partial charge in [0.1, 0.15) is 32.4 Å². The molecule has 6 rings (SSSR count). The molecule has 29 heteroatoms. The van der Waals surface area contributed by atoms with Gasteiger partial charge in [-0.05, 0) is 95.2 Å². The minimum atomic E-state index is -5.26. The van der Waals surface area contributed by atoms with Crippen molar-refractivity contribution in [2.45, 2.75) is 130 Å². The highest BCUT2D eigenvalue weighted by molar-refractivity contribution is 7.81. The van der Waals surface area contributed by atoms with Crippen LogP contribution < -0.4 is 21.3 Å². The van der Waals surface area contributed by atoms with Gasteiger partial charge < -0.3 is 28.7 Å². The molecule has 26 nitrogen and oxygen atoms in total. The second-order valence-electron chi connectivity index (χ2n) is 20.0. The summed E-state index contributed by atoms with van der Waals surface area (Å²) < 4.78 is 59.8. The van der Waals surface area contributed by atoms with E-state index in [0.717, 1.165) is 0 Å². The third-order valence-corrected chi connectivity index (χ3v) is 11.8. The number of aromatic nitrogens is 2. The van der Waals surface area contributed by atoms with Crippen LogP contribution in [0.3, 0.4) is 0 Å². The lowest BCUT2D eigenvalue weighted by Crippen LogP contribution is -2.48. The first-order chi connectivity index (χ1) is 32.8. The Morgan fingerprint density at radius 3 is 1.17 bits per heavy atom. The fraction of sp³-hybridized carbons (Fsp3) is 0.571. The predicted octanol–water partition coefficient (Wildman–Crippen LogP) is 4.96. The summed E-state index contributed by atoms with van der Waals surface area (Å²) in [4.78, 5) is 99.8. The van der Waals surface area contributed by atoms with Gasteiger partial charge in [0.05, 0.1) is 37.3 Å². The van der Waals surface area contributed by atoms with Gasteiger partial charge >= 0.3 is 46.8 Å². The van der Waals surface area contributed by atoms with Gasteiger partial charge in [-0.2, -0.15) is 18.5 Å². The summed E-state index contributed by atoms with van der Waals surface area (Å²) >= 11 is 2.46. The average molecular weight is 1050 g/mol. The predicted molar refractivity (Wildman–Crippen MR) is 256 cm³/mol. The van der Waals surface area contributed by atoms with E-state index in [1.807, 2.05) is 0 Å². The average Bonchev–Trinajstić information content (AvgIpc) is 4.02. The molecule has 2 aromatic heterocycles. The first-order valence-electron chi connectivity index (χ1n) is 22.0. The third kappa shape index (κ3) is 14.8. The SMILES string of the molecule is CC(C)(C)OC(=O)NC(=NC[C@@H]1C(c2nccs2)=C[C@@H]2CN1C(=O)N2OS(=O)(=O)ON1C(=O)N2C[C@H]1C=C(c1nccs1)[C@H]2CN=C(NC(=O)OC(C)(C)C)NC(=O)OC(C)(C)C)NC(=O)OC(C)(C)C. The van der Waals surface area contributed by atoms with Gasteiger partial charge in [0.2, 0.25) is 11.9 Å². The molecule has 0 radical (unpaired) electrons. The molecule has 388 valence electrons. The van der Waals surface area contributed by atoms with Crippen LogP contribution in [0.4, 0.5) is 28.8 Å². The number of thiazole rings is 2. The van der Waals surface area contributed by atoms with Crippen LogP contribution in [0.15, 0.2) is 45.3 Å². The van der Waals surface area contributed by atoms with E-state index in [1.54, 1.807) is 106 Å². The van der Waals surface area contributed by atoms with Gasteiger partial charge in [-0.1, -0.05) is 0 Å². The first-order valence-corrected chi connectivity index (χ1v) is 25.1. The quantitative estimate of drug-likeness (QED) is 0.139. The van der Waals surface area contributed by atoms with Crippen molar-refractivity contribution in [2.24, 2.45) is 9.98 Å². The van der Waals surface area contributed by atoms with Crippen LogP contribution in [0, 0.1) is 0 Å². The van der Waals surface area contributed by atoms with Gasteiger partial charge in [-0.3, -0.25) is 21.3 Å². The summed E-state index contributed by atoms with van der Waals surface area (Å²) in [5, 5.41) is 15.1. The molecule has 71 heavy (non-hydrogen) atoms. The number of aliphatic imine (C=N–C) groups is 2. The Morgan fingerprint density at radius 2 is 0.901 bits per heavy atom. The van der Waals surface area contributed by atoms with E-state index < -0.39 is 93.4 Å². The second-order valence-corrected chi connectivity index (χ2v) is 23.0. The van der Waals surface area contributed by atoms with Crippen LogP contribution in [0.2, 0.25) is 0 Å². The van der Waals surface area contributed by atoms with Gasteiger partial charge in [-0.15, -0.1) is 31.2 Å². The monoisotopic (exact) mass is 1050 g/mol. The van der Waals surface area contributed by atoms with Gasteiger partial charge in [-0.25, -0.2) is 48.7 Å². The number of alkyl carbamates (subject to hydrolysis) is 4. The number of hydrogen-bond acceptors (Lipinski definition) is 20.